The number of rotatable bonds is 6. The summed E-state index contributed by atoms with van der Waals surface area (Å²) in [6.45, 7) is 4.63. The van der Waals surface area contributed by atoms with Crippen LogP contribution < -0.4 is 10.9 Å². The van der Waals surface area contributed by atoms with Crippen LogP contribution in [0.2, 0.25) is 0 Å². The minimum Gasteiger partial charge on any atom is -0.339 e. The van der Waals surface area contributed by atoms with Crippen molar-refractivity contribution in [1.82, 2.24) is 19.9 Å². The molecule has 0 saturated carbocycles. The molecule has 1 N–H and O–H groups in total. The first kappa shape index (κ1) is 19.2. The lowest BCUT2D eigenvalue weighted by molar-refractivity contribution is -0.117. The van der Waals surface area contributed by atoms with Crippen molar-refractivity contribution in [1.29, 1.82) is 0 Å². The number of para-hydroxylation sites is 1. The largest absolute Gasteiger partial charge is 0.339 e. The number of hydrogen-bond donors (Lipinski definition) is 1. The molecule has 0 spiro atoms. The van der Waals surface area contributed by atoms with Gasteiger partial charge in [-0.2, -0.15) is 0 Å². The van der Waals surface area contributed by atoms with E-state index in [1.54, 1.807) is 53.4 Å². The van der Waals surface area contributed by atoms with Gasteiger partial charge in [0.05, 0.1) is 16.6 Å². The summed E-state index contributed by atoms with van der Waals surface area (Å²) in [5, 5.41) is 10.9. The number of benzene rings is 2. The van der Waals surface area contributed by atoms with Crippen molar-refractivity contribution in [2.45, 2.75) is 20.4 Å². The highest BCUT2D eigenvalue weighted by molar-refractivity contribution is 6.03. The number of amides is 2. The third-order valence-corrected chi connectivity index (χ3v) is 4.40. The zero-order chi connectivity index (χ0) is 20.1. The average Bonchev–Trinajstić information content (AvgIpc) is 2.71. The summed E-state index contributed by atoms with van der Waals surface area (Å²) in [5.41, 5.74) is 0.871. The first-order chi connectivity index (χ1) is 13.5. The molecule has 2 amide bonds. The van der Waals surface area contributed by atoms with Crippen LogP contribution in [0.3, 0.4) is 0 Å². The molecule has 0 aliphatic heterocycles. The van der Waals surface area contributed by atoms with Gasteiger partial charge in [0.15, 0.2) is 0 Å². The number of nitrogens with zero attached hydrogens (tertiary/aromatic N) is 4. The Morgan fingerprint density at radius 2 is 1.71 bits per heavy atom. The summed E-state index contributed by atoms with van der Waals surface area (Å²) >= 11 is 0. The van der Waals surface area contributed by atoms with E-state index < -0.39 is 11.5 Å². The van der Waals surface area contributed by atoms with Crippen molar-refractivity contribution in [2.24, 2.45) is 0 Å². The SMILES string of the molecule is CCN(CC)C(=O)c1ccccc1NC(=O)Cn1nnc2ccccc2c1=O. The molecule has 3 rings (SSSR count). The van der Waals surface area contributed by atoms with E-state index in [9.17, 15) is 14.4 Å². The van der Waals surface area contributed by atoms with E-state index in [1.807, 2.05) is 13.8 Å². The van der Waals surface area contributed by atoms with Crippen molar-refractivity contribution in [3.05, 3.63) is 64.4 Å². The first-order valence-corrected chi connectivity index (χ1v) is 9.05. The topological polar surface area (TPSA) is 97.2 Å². The van der Waals surface area contributed by atoms with Crippen LogP contribution in [0, 0.1) is 0 Å². The highest BCUT2D eigenvalue weighted by Crippen LogP contribution is 2.17. The number of aromatic nitrogens is 3. The number of anilines is 1. The van der Waals surface area contributed by atoms with Gasteiger partial charge >= 0.3 is 0 Å². The maximum atomic E-state index is 12.7. The third-order valence-electron chi connectivity index (χ3n) is 4.40. The second-order valence-electron chi connectivity index (χ2n) is 6.14. The zero-order valence-corrected chi connectivity index (χ0v) is 15.8. The number of hydrogen-bond acceptors (Lipinski definition) is 5. The van der Waals surface area contributed by atoms with Crippen molar-refractivity contribution in [3.63, 3.8) is 0 Å². The Labute approximate surface area is 161 Å². The van der Waals surface area contributed by atoms with E-state index in [-0.39, 0.29) is 12.5 Å². The molecule has 0 saturated heterocycles. The van der Waals surface area contributed by atoms with Gasteiger partial charge in [-0.3, -0.25) is 14.4 Å². The molecule has 0 aliphatic carbocycles. The predicted octanol–water partition coefficient (Wildman–Crippen LogP) is 1.91. The van der Waals surface area contributed by atoms with Crippen LogP contribution in [0.4, 0.5) is 5.69 Å². The highest BCUT2D eigenvalue weighted by atomic mass is 16.2. The molecule has 0 fully saturated rings. The van der Waals surface area contributed by atoms with Crippen LogP contribution in [0.5, 0.6) is 0 Å². The normalized spacial score (nSPS) is 10.6. The lowest BCUT2D eigenvalue weighted by atomic mass is 10.1. The van der Waals surface area contributed by atoms with E-state index >= 15 is 0 Å². The predicted molar refractivity (Wildman–Crippen MR) is 106 cm³/mol. The van der Waals surface area contributed by atoms with E-state index in [0.29, 0.717) is 35.2 Å². The number of carbonyl (C=O) groups is 2. The van der Waals surface area contributed by atoms with Gasteiger partial charge in [-0.15, -0.1) is 5.10 Å². The summed E-state index contributed by atoms with van der Waals surface area (Å²) < 4.78 is 1.01. The molecule has 8 heteroatoms. The second kappa shape index (κ2) is 8.43. The van der Waals surface area contributed by atoms with Gasteiger partial charge < -0.3 is 10.2 Å². The number of fused-ring (bicyclic) bond motifs is 1. The molecule has 0 unspecified atom stereocenters. The van der Waals surface area contributed by atoms with Crippen LogP contribution >= 0.6 is 0 Å². The van der Waals surface area contributed by atoms with Crippen molar-refractivity contribution in [2.75, 3.05) is 18.4 Å². The van der Waals surface area contributed by atoms with Crippen molar-refractivity contribution < 1.29 is 9.59 Å². The van der Waals surface area contributed by atoms with Gasteiger partial charge in [-0.05, 0) is 38.1 Å². The van der Waals surface area contributed by atoms with Gasteiger partial charge in [-0.1, -0.05) is 29.5 Å². The van der Waals surface area contributed by atoms with Gasteiger partial charge in [0.25, 0.3) is 11.5 Å². The number of nitrogens with one attached hydrogen (secondary N) is 1. The fourth-order valence-corrected chi connectivity index (χ4v) is 2.91. The maximum absolute atomic E-state index is 12.7. The van der Waals surface area contributed by atoms with Gasteiger partial charge in [0.1, 0.15) is 12.1 Å². The van der Waals surface area contributed by atoms with Crippen LogP contribution in [0.1, 0.15) is 24.2 Å². The molecule has 1 aromatic heterocycles. The first-order valence-electron chi connectivity index (χ1n) is 9.05. The van der Waals surface area contributed by atoms with Crippen molar-refractivity contribution in [3.8, 4) is 0 Å². The van der Waals surface area contributed by atoms with Gasteiger partial charge in [-0.25, -0.2) is 4.68 Å². The Bertz CT molecular complexity index is 1070. The molecule has 0 radical (unpaired) electrons. The number of carbonyl (C=O) groups excluding carboxylic acids is 2. The molecule has 2 aromatic carbocycles. The summed E-state index contributed by atoms with van der Waals surface area (Å²) in [7, 11) is 0. The minimum atomic E-state index is -0.466. The smallest absolute Gasteiger partial charge is 0.278 e. The summed E-state index contributed by atoms with van der Waals surface area (Å²) in [5.74, 6) is -0.630. The van der Waals surface area contributed by atoms with Gasteiger partial charge in [0, 0.05) is 13.1 Å². The Kier molecular flexibility index (Phi) is 5.78. The lowest BCUT2D eigenvalue weighted by Gasteiger charge is -2.20. The molecule has 0 bridgehead atoms. The Morgan fingerprint density at radius 3 is 2.46 bits per heavy atom. The fourth-order valence-electron chi connectivity index (χ4n) is 2.91. The molecule has 8 nitrogen and oxygen atoms in total. The van der Waals surface area contributed by atoms with E-state index in [4.69, 9.17) is 0 Å². The summed E-state index contributed by atoms with van der Waals surface area (Å²) in [4.78, 5) is 39.3. The quantitative estimate of drug-likeness (QED) is 0.706. The maximum Gasteiger partial charge on any atom is 0.278 e. The second-order valence-corrected chi connectivity index (χ2v) is 6.14. The monoisotopic (exact) mass is 379 g/mol. The van der Waals surface area contributed by atoms with Crippen LogP contribution in [-0.4, -0.2) is 44.8 Å². The molecule has 144 valence electrons. The molecule has 28 heavy (non-hydrogen) atoms. The molecule has 3 aromatic rings. The molecule has 0 atom stereocenters. The fraction of sp³-hybridized carbons (Fsp3) is 0.250. The molecular formula is C20H21N5O3. The van der Waals surface area contributed by atoms with E-state index in [2.05, 4.69) is 15.6 Å². The van der Waals surface area contributed by atoms with Crippen LogP contribution in [0.15, 0.2) is 53.3 Å². The molecule has 0 aliphatic rings. The Morgan fingerprint density at radius 1 is 1.04 bits per heavy atom. The van der Waals surface area contributed by atoms with Gasteiger partial charge in [0.2, 0.25) is 5.91 Å². The van der Waals surface area contributed by atoms with Crippen molar-refractivity contribution >= 4 is 28.4 Å². The van der Waals surface area contributed by atoms with Crippen LogP contribution in [-0.2, 0) is 11.3 Å². The Hall–Kier alpha value is -3.55. The third kappa shape index (κ3) is 3.90. The summed E-state index contributed by atoms with van der Waals surface area (Å²) in [6, 6.07) is 13.6. The average molecular weight is 379 g/mol. The molecule has 1 heterocycles. The van der Waals surface area contributed by atoms with Crippen LogP contribution in [0.25, 0.3) is 10.9 Å². The molecular weight excluding hydrogens is 358 g/mol. The zero-order valence-electron chi connectivity index (χ0n) is 15.8. The highest BCUT2D eigenvalue weighted by Gasteiger charge is 2.18. The Balaban J connectivity index is 1.82. The minimum absolute atomic E-state index is 0.163. The van der Waals surface area contributed by atoms with E-state index in [1.165, 1.54) is 0 Å². The lowest BCUT2D eigenvalue weighted by Crippen LogP contribution is -2.33. The summed E-state index contributed by atoms with van der Waals surface area (Å²) in [6.07, 6.45) is 0. The van der Waals surface area contributed by atoms with E-state index in [0.717, 1.165) is 4.68 Å². The standard InChI is InChI=1S/C20H21N5O3/c1-3-24(4-2)19(27)14-9-5-7-11-16(14)21-18(26)13-25-20(28)15-10-6-8-12-17(15)22-23-25/h5-12H,3-4,13H2,1-2H3,(H,21,26).